The van der Waals surface area contributed by atoms with Crippen LogP contribution in [-0.4, -0.2) is 17.8 Å². The average Bonchev–Trinajstić information content (AvgIpc) is 2.29. The van der Waals surface area contributed by atoms with E-state index >= 15 is 0 Å². The number of hydrogen-bond donors (Lipinski definition) is 2. The van der Waals surface area contributed by atoms with Crippen molar-refractivity contribution >= 4 is 11.6 Å². The molecule has 0 amide bonds. The van der Waals surface area contributed by atoms with Gasteiger partial charge in [-0.2, -0.15) is 0 Å². The highest BCUT2D eigenvalue weighted by atomic mass is 35.5. The van der Waals surface area contributed by atoms with Gasteiger partial charge in [0.15, 0.2) is 0 Å². The van der Waals surface area contributed by atoms with Crippen LogP contribution in [0.25, 0.3) is 0 Å². The Balaban J connectivity index is 2.90. The van der Waals surface area contributed by atoms with Gasteiger partial charge in [-0.1, -0.05) is 30.7 Å². The summed E-state index contributed by atoms with van der Waals surface area (Å²) in [6.45, 7) is 3.84. The van der Waals surface area contributed by atoms with E-state index in [0.717, 1.165) is 6.42 Å². The molecule has 2 N–H and O–H groups in total. The van der Waals surface area contributed by atoms with Crippen LogP contribution < -0.4 is 5.32 Å². The molecule has 0 bridgehead atoms. The van der Waals surface area contributed by atoms with Gasteiger partial charge in [0.1, 0.15) is 5.82 Å². The Morgan fingerprint density at radius 1 is 1.50 bits per heavy atom. The van der Waals surface area contributed by atoms with E-state index < -0.39 is 0 Å². The molecule has 0 aliphatic rings. The zero-order valence-electron chi connectivity index (χ0n) is 9.50. The SMILES string of the molecule is CC[C@@H](N[C@H](C)CO)c1cccc(Cl)c1F. The van der Waals surface area contributed by atoms with Crippen molar-refractivity contribution in [2.75, 3.05) is 6.61 Å². The van der Waals surface area contributed by atoms with Gasteiger partial charge in [0.05, 0.1) is 11.6 Å². The molecule has 0 radical (unpaired) electrons. The van der Waals surface area contributed by atoms with Gasteiger partial charge in [0.2, 0.25) is 0 Å². The second kappa shape index (κ2) is 6.18. The summed E-state index contributed by atoms with van der Waals surface area (Å²) in [7, 11) is 0. The second-order valence-electron chi connectivity index (χ2n) is 3.85. The fourth-order valence-electron chi connectivity index (χ4n) is 1.61. The lowest BCUT2D eigenvalue weighted by atomic mass is 10.0. The highest BCUT2D eigenvalue weighted by Crippen LogP contribution is 2.25. The van der Waals surface area contributed by atoms with Crippen LogP contribution in [-0.2, 0) is 0 Å². The van der Waals surface area contributed by atoms with E-state index in [0.29, 0.717) is 5.56 Å². The molecule has 0 aromatic heterocycles. The minimum Gasteiger partial charge on any atom is -0.395 e. The first kappa shape index (κ1) is 13.4. The maximum atomic E-state index is 13.8. The lowest BCUT2D eigenvalue weighted by molar-refractivity contribution is 0.238. The maximum Gasteiger partial charge on any atom is 0.146 e. The molecule has 2 nitrogen and oxygen atoms in total. The molecule has 0 aliphatic heterocycles. The molecule has 1 rings (SSSR count). The molecule has 0 saturated heterocycles. The zero-order valence-corrected chi connectivity index (χ0v) is 10.3. The quantitative estimate of drug-likeness (QED) is 0.836. The van der Waals surface area contributed by atoms with Gasteiger partial charge in [-0.05, 0) is 19.4 Å². The third kappa shape index (κ3) is 3.17. The van der Waals surface area contributed by atoms with Crippen molar-refractivity contribution in [2.45, 2.75) is 32.4 Å². The molecule has 4 heteroatoms. The number of hydrogen-bond acceptors (Lipinski definition) is 2. The first-order valence-electron chi connectivity index (χ1n) is 5.41. The van der Waals surface area contributed by atoms with Gasteiger partial charge in [0, 0.05) is 17.6 Å². The first-order valence-corrected chi connectivity index (χ1v) is 5.78. The minimum atomic E-state index is -0.381. The highest BCUT2D eigenvalue weighted by molar-refractivity contribution is 6.30. The number of halogens is 2. The van der Waals surface area contributed by atoms with Gasteiger partial charge in [-0.3, -0.25) is 0 Å². The van der Waals surface area contributed by atoms with E-state index in [1.54, 1.807) is 12.1 Å². The summed E-state index contributed by atoms with van der Waals surface area (Å²) in [4.78, 5) is 0. The molecule has 0 aliphatic carbocycles. The van der Waals surface area contributed by atoms with Gasteiger partial charge >= 0.3 is 0 Å². The van der Waals surface area contributed by atoms with Crippen molar-refractivity contribution < 1.29 is 9.50 Å². The Kier molecular flexibility index (Phi) is 5.19. The maximum absolute atomic E-state index is 13.8. The molecule has 16 heavy (non-hydrogen) atoms. The van der Waals surface area contributed by atoms with Crippen molar-refractivity contribution in [3.63, 3.8) is 0 Å². The van der Waals surface area contributed by atoms with Crippen LogP contribution in [0.15, 0.2) is 18.2 Å². The molecule has 0 fully saturated rings. The Labute approximate surface area is 100 Å². The number of nitrogens with one attached hydrogen (secondary N) is 1. The molecular formula is C12H17ClFNO. The fourth-order valence-corrected chi connectivity index (χ4v) is 1.80. The van der Waals surface area contributed by atoms with Crippen molar-refractivity contribution in [3.8, 4) is 0 Å². The fraction of sp³-hybridized carbons (Fsp3) is 0.500. The molecule has 0 spiro atoms. The molecule has 0 unspecified atom stereocenters. The largest absolute Gasteiger partial charge is 0.395 e. The van der Waals surface area contributed by atoms with Crippen LogP contribution in [0.3, 0.4) is 0 Å². The van der Waals surface area contributed by atoms with Gasteiger partial charge in [0.25, 0.3) is 0 Å². The van der Waals surface area contributed by atoms with Gasteiger partial charge in [-0.25, -0.2) is 4.39 Å². The lowest BCUT2D eigenvalue weighted by Crippen LogP contribution is -2.33. The standard InChI is InChI=1S/C12H17ClFNO/c1-3-11(15-8(2)7-16)9-5-4-6-10(13)12(9)14/h4-6,8,11,15-16H,3,7H2,1-2H3/t8-,11-/m1/s1. The summed E-state index contributed by atoms with van der Waals surface area (Å²) in [5.74, 6) is -0.381. The number of benzene rings is 1. The van der Waals surface area contributed by atoms with Crippen LogP contribution in [0.1, 0.15) is 31.9 Å². The van der Waals surface area contributed by atoms with Crippen molar-refractivity contribution in [1.82, 2.24) is 5.32 Å². The van der Waals surface area contributed by atoms with E-state index in [1.807, 2.05) is 13.8 Å². The number of aliphatic hydroxyl groups is 1. The Morgan fingerprint density at radius 3 is 2.75 bits per heavy atom. The minimum absolute atomic E-state index is 0.0265. The summed E-state index contributed by atoms with van der Waals surface area (Å²) >= 11 is 5.73. The third-order valence-electron chi connectivity index (χ3n) is 2.52. The second-order valence-corrected chi connectivity index (χ2v) is 4.26. The van der Waals surface area contributed by atoms with Gasteiger partial charge < -0.3 is 10.4 Å². The smallest absolute Gasteiger partial charge is 0.146 e. The van der Waals surface area contributed by atoms with E-state index in [-0.39, 0.29) is 29.5 Å². The van der Waals surface area contributed by atoms with Crippen molar-refractivity contribution in [1.29, 1.82) is 0 Å². The van der Waals surface area contributed by atoms with E-state index in [4.69, 9.17) is 16.7 Å². The molecular weight excluding hydrogens is 229 g/mol. The Morgan fingerprint density at radius 2 is 2.19 bits per heavy atom. The summed E-state index contributed by atoms with van der Waals surface area (Å²) in [5, 5.41) is 12.3. The predicted molar refractivity (Wildman–Crippen MR) is 64.1 cm³/mol. The van der Waals surface area contributed by atoms with Crippen LogP contribution in [0, 0.1) is 5.82 Å². The first-order chi connectivity index (χ1) is 7.60. The molecule has 90 valence electrons. The Bertz CT molecular complexity index is 346. The molecule has 0 saturated carbocycles. The predicted octanol–water partition coefficient (Wildman–Crippen LogP) is 2.90. The number of rotatable bonds is 5. The Hall–Kier alpha value is -0.640. The summed E-state index contributed by atoms with van der Waals surface area (Å²) in [6.07, 6.45) is 0.738. The monoisotopic (exact) mass is 245 g/mol. The number of aliphatic hydroxyl groups excluding tert-OH is 1. The average molecular weight is 246 g/mol. The van der Waals surface area contributed by atoms with E-state index in [9.17, 15) is 4.39 Å². The van der Waals surface area contributed by atoms with Crippen LogP contribution in [0.5, 0.6) is 0 Å². The van der Waals surface area contributed by atoms with Gasteiger partial charge in [-0.15, -0.1) is 0 Å². The summed E-state index contributed by atoms with van der Waals surface area (Å²) < 4.78 is 13.8. The molecule has 0 heterocycles. The summed E-state index contributed by atoms with van der Waals surface area (Å²) in [5.41, 5.74) is 0.551. The lowest BCUT2D eigenvalue weighted by Gasteiger charge is -2.22. The van der Waals surface area contributed by atoms with Crippen LogP contribution in [0.4, 0.5) is 4.39 Å². The van der Waals surface area contributed by atoms with E-state index in [1.165, 1.54) is 6.07 Å². The van der Waals surface area contributed by atoms with E-state index in [2.05, 4.69) is 5.32 Å². The normalized spacial score (nSPS) is 14.8. The van der Waals surface area contributed by atoms with Crippen LogP contribution >= 0.6 is 11.6 Å². The van der Waals surface area contributed by atoms with Crippen molar-refractivity contribution in [3.05, 3.63) is 34.6 Å². The third-order valence-corrected chi connectivity index (χ3v) is 2.82. The van der Waals surface area contributed by atoms with Crippen molar-refractivity contribution in [2.24, 2.45) is 0 Å². The molecule has 2 atom stereocenters. The summed E-state index contributed by atoms with van der Waals surface area (Å²) in [6, 6.07) is 4.79. The molecule has 1 aromatic carbocycles. The topological polar surface area (TPSA) is 32.3 Å². The van der Waals surface area contributed by atoms with Crippen LogP contribution in [0.2, 0.25) is 5.02 Å². The highest BCUT2D eigenvalue weighted by Gasteiger charge is 2.17. The zero-order chi connectivity index (χ0) is 12.1. The molecule has 1 aromatic rings.